The van der Waals surface area contributed by atoms with Gasteiger partial charge in [0, 0.05) is 0 Å². The SMILES string of the molecule is C=C1C2CC3CC(C2)C(N(C(=N)N)C2C4CC5CC(C4)C(=C)C2(C#N)C5)C1(C#N)C3. The number of nitrogens with two attached hydrogens (primary N) is 1. The van der Waals surface area contributed by atoms with E-state index in [2.05, 4.69) is 30.2 Å². The van der Waals surface area contributed by atoms with E-state index in [0.29, 0.717) is 35.5 Å². The second kappa shape index (κ2) is 5.70. The Morgan fingerprint density at radius 3 is 1.67 bits per heavy atom. The van der Waals surface area contributed by atoms with E-state index in [1.165, 1.54) is 12.8 Å². The third kappa shape index (κ3) is 1.95. The topological polar surface area (TPSA) is 101 Å². The molecule has 10 atom stereocenters. The third-order valence-electron chi connectivity index (χ3n) is 10.2. The second-order valence-corrected chi connectivity index (χ2v) is 11.4. The zero-order valence-electron chi connectivity index (χ0n) is 17.6. The van der Waals surface area contributed by atoms with Crippen LogP contribution in [0, 0.1) is 74.4 Å². The summed E-state index contributed by atoms with van der Waals surface area (Å²) in [5.41, 5.74) is 7.22. The average molecular weight is 402 g/mol. The van der Waals surface area contributed by atoms with E-state index in [0.717, 1.165) is 49.7 Å². The van der Waals surface area contributed by atoms with Crippen molar-refractivity contribution >= 4 is 5.96 Å². The van der Waals surface area contributed by atoms with Crippen LogP contribution in [0.1, 0.15) is 51.4 Å². The molecule has 0 aromatic rings. The first-order valence-electron chi connectivity index (χ1n) is 11.7. The van der Waals surface area contributed by atoms with E-state index in [9.17, 15) is 10.5 Å². The van der Waals surface area contributed by atoms with Crippen LogP contribution in [0.15, 0.2) is 24.3 Å². The Morgan fingerprint density at radius 1 is 0.867 bits per heavy atom. The van der Waals surface area contributed by atoms with Crippen molar-refractivity contribution in [2.75, 3.05) is 0 Å². The fraction of sp³-hybridized carbons (Fsp3) is 0.720. The maximum atomic E-state index is 10.5. The lowest BCUT2D eigenvalue weighted by molar-refractivity contribution is -0.105. The highest BCUT2D eigenvalue weighted by Gasteiger charge is 2.67. The van der Waals surface area contributed by atoms with Crippen LogP contribution in [-0.4, -0.2) is 22.9 Å². The Kier molecular flexibility index (Phi) is 3.51. The van der Waals surface area contributed by atoms with Crippen molar-refractivity contribution in [1.29, 1.82) is 15.9 Å². The molecule has 0 radical (unpaired) electrons. The summed E-state index contributed by atoms with van der Waals surface area (Å²) in [5.74, 6) is 2.80. The average Bonchev–Trinajstić information content (AvgIpc) is 2.72. The summed E-state index contributed by atoms with van der Waals surface area (Å²) in [6, 6.07) is 5.17. The molecular weight excluding hydrogens is 370 g/mol. The third-order valence-corrected chi connectivity index (χ3v) is 10.2. The van der Waals surface area contributed by atoms with E-state index < -0.39 is 10.8 Å². The molecule has 5 heteroatoms. The van der Waals surface area contributed by atoms with Crippen LogP contribution in [0.4, 0.5) is 0 Å². The number of hydrogen-bond donors (Lipinski definition) is 2. The van der Waals surface area contributed by atoms with Gasteiger partial charge in [0.25, 0.3) is 0 Å². The molecular formula is C25H31N5. The van der Waals surface area contributed by atoms with Gasteiger partial charge >= 0.3 is 0 Å². The predicted octanol–water partition coefficient (Wildman–Crippen LogP) is 3.95. The fourth-order valence-corrected chi connectivity index (χ4v) is 9.48. The molecule has 0 spiro atoms. The van der Waals surface area contributed by atoms with Crippen molar-refractivity contribution < 1.29 is 0 Å². The van der Waals surface area contributed by atoms with Crippen LogP contribution in [0.5, 0.6) is 0 Å². The first kappa shape index (κ1) is 18.5. The molecule has 8 bridgehead atoms. The van der Waals surface area contributed by atoms with Gasteiger partial charge in [-0.25, -0.2) is 0 Å². The molecule has 10 unspecified atom stereocenters. The zero-order chi connectivity index (χ0) is 21.0. The fourth-order valence-electron chi connectivity index (χ4n) is 9.48. The number of guanidine groups is 1. The van der Waals surface area contributed by atoms with E-state index in [-0.39, 0.29) is 18.0 Å². The summed E-state index contributed by atoms with van der Waals surface area (Å²) in [7, 11) is 0. The summed E-state index contributed by atoms with van der Waals surface area (Å²) in [6.07, 6.45) is 8.35. The van der Waals surface area contributed by atoms with Crippen LogP contribution in [0.3, 0.4) is 0 Å². The summed E-state index contributed by atoms with van der Waals surface area (Å²) in [5, 5.41) is 29.7. The van der Waals surface area contributed by atoms with Crippen molar-refractivity contribution in [3.8, 4) is 12.1 Å². The van der Waals surface area contributed by atoms with Crippen LogP contribution in [-0.2, 0) is 0 Å². The van der Waals surface area contributed by atoms with Crippen LogP contribution in [0.25, 0.3) is 0 Å². The molecule has 8 aliphatic carbocycles. The highest BCUT2D eigenvalue weighted by Crippen LogP contribution is 2.67. The number of hydrogen-bond acceptors (Lipinski definition) is 3. The Balaban J connectivity index is 1.50. The highest BCUT2D eigenvalue weighted by molar-refractivity contribution is 5.76. The molecule has 0 heterocycles. The van der Waals surface area contributed by atoms with Crippen LogP contribution >= 0.6 is 0 Å². The monoisotopic (exact) mass is 401 g/mol. The molecule has 8 rings (SSSR count). The van der Waals surface area contributed by atoms with Crippen molar-refractivity contribution in [2.45, 2.75) is 63.5 Å². The smallest absolute Gasteiger partial charge is 0.189 e. The van der Waals surface area contributed by atoms with Crippen molar-refractivity contribution in [1.82, 2.24) is 4.90 Å². The summed E-state index contributed by atoms with van der Waals surface area (Å²) >= 11 is 0. The van der Waals surface area contributed by atoms with Gasteiger partial charge in [-0.05, 0) is 86.9 Å². The van der Waals surface area contributed by atoms with Crippen molar-refractivity contribution in [2.24, 2.45) is 52.1 Å². The van der Waals surface area contributed by atoms with Gasteiger partial charge < -0.3 is 10.6 Å². The quantitative estimate of drug-likeness (QED) is 0.415. The molecule has 0 amide bonds. The van der Waals surface area contributed by atoms with Gasteiger partial charge in [0.2, 0.25) is 0 Å². The summed E-state index contributed by atoms with van der Waals surface area (Å²) < 4.78 is 0. The molecule has 30 heavy (non-hydrogen) atoms. The summed E-state index contributed by atoms with van der Waals surface area (Å²) in [6.45, 7) is 8.87. The predicted molar refractivity (Wildman–Crippen MR) is 114 cm³/mol. The lowest BCUT2D eigenvalue weighted by Gasteiger charge is -2.67. The molecule has 5 nitrogen and oxygen atoms in total. The second-order valence-electron chi connectivity index (χ2n) is 11.4. The van der Waals surface area contributed by atoms with Gasteiger partial charge in [-0.15, -0.1) is 0 Å². The number of nitrogens with one attached hydrogen (secondary N) is 1. The molecule has 8 saturated carbocycles. The number of rotatable bonds is 2. The van der Waals surface area contributed by atoms with Gasteiger partial charge in [0.15, 0.2) is 5.96 Å². The number of nitriles is 2. The minimum atomic E-state index is -0.632. The Bertz CT molecular complexity index is 884. The largest absolute Gasteiger partial charge is 0.370 e. The first-order valence-corrected chi connectivity index (χ1v) is 11.7. The molecule has 0 aliphatic heterocycles. The lowest BCUT2D eigenvalue weighted by atomic mass is 9.43. The molecule has 8 aliphatic rings. The highest BCUT2D eigenvalue weighted by atomic mass is 15.3. The lowest BCUT2D eigenvalue weighted by Crippen LogP contribution is -2.72. The van der Waals surface area contributed by atoms with E-state index in [1.54, 1.807) is 0 Å². The Hall–Kier alpha value is -2.27. The zero-order valence-corrected chi connectivity index (χ0v) is 17.6. The first-order chi connectivity index (χ1) is 14.3. The maximum Gasteiger partial charge on any atom is 0.189 e. The van der Waals surface area contributed by atoms with E-state index >= 15 is 0 Å². The van der Waals surface area contributed by atoms with Crippen molar-refractivity contribution in [3.05, 3.63) is 24.3 Å². The molecule has 156 valence electrons. The van der Waals surface area contributed by atoms with Gasteiger partial charge in [0.1, 0.15) is 0 Å². The molecule has 0 aromatic heterocycles. The molecule has 0 aromatic carbocycles. The van der Waals surface area contributed by atoms with Crippen LogP contribution in [0.2, 0.25) is 0 Å². The molecule has 3 N–H and O–H groups in total. The van der Waals surface area contributed by atoms with Crippen molar-refractivity contribution in [3.63, 3.8) is 0 Å². The van der Waals surface area contributed by atoms with Crippen LogP contribution < -0.4 is 5.73 Å². The standard InChI is InChI=1S/C25H31N5/c1-13-17-3-15-5-19(7-17)21(24(13,9-15)11-26)30(23(28)29)22-20-6-16-4-18(8-20)14(2)25(22,10-16)12-27/h15-22H,1-10H2,(H3,28,29). The van der Waals surface area contributed by atoms with Gasteiger partial charge in [-0.1, -0.05) is 24.3 Å². The summed E-state index contributed by atoms with van der Waals surface area (Å²) in [4.78, 5) is 2.08. The van der Waals surface area contributed by atoms with Gasteiger partial charge in [0.05, 0.1) is 35.1 Å². The Labute approximate surface area is 179 Å². The Morgan fingerprint density at radius 2 is 1.30 bits per heavy atom. The normalized spacial score (nSPS) is 52.2. The van der Waals surface area contributed by atoms with Gasteiger partial charge in [-0.2, -0.15) is 10.5 Å². The van der Waals surface area contributed by atoms with E-state index in [1.807, 2.05) is 0 Å². The van der Waals surface area contributed by atoms with Gasteiger partial charge in [-0.3, -0.25) is 5.41 Å². The molecule has 0 saturated heterocycles. The minimum absolute atomic E-state index is 0.0368. The number of nitrogens with zero attached hydrogens (tertiary/aromatic N) is 3. The molecule has 8 fully saturated rings. The van der Waals surface area contributed by atoms with E-state index in [4.69, 9.17) is 11.1 Å². The minimum Gasteiger partial charge on any atom is -0.370 e. The maximum absolute atomic E-state index is 10.5.